The summed E-state index contributed by atoms with van der Waals surface area (Å²) in [5.41, 5.74) is -0.728. The summed E-state index contributed by atoms with van der Waals surface area (Å²) in [4.78, 5) is 21.2. The Bertz CT molecular complexity index is 675. The van der Waals surface area contributed by atoms with Crippen LogP contribution in [0.3, 0.4) is 0 Å². The molecule has 10 heteroatoms. The van der Waals surface area contributed by atoms with E-state index in [0.717, 1.165) is 17.6 Å². The predicted octanol–water partition coefficient (Wildman–Crippen LogP) is 2.38. The third-order valence-electron chi connectivity index (χ3n) is 2.29. The van der Waals surface area contributed by atoms with Crippen molar-refractivity contribution in [1.29, 1.82) is 0 Å². The molecule has 0 radical (unpaired) electrons. The molecule has 8 nitrogen and oxygen atoms in total. The minimum Gasteiger partial charge on any atom is -0.486 e. The number of halogens is 1. The van der Waals surface area contributed by atoms with Crippen molar-refractivity contribution in [3.05, 3.63) is 43.9 Å². The number of nitro benzene ring substituents is 1. The number of ether oxygens (including phenoxy) is 1. The van der Waals surface area contributed by atoms with Gasteiger partial charge in [-0.2, -0.15) is 0 Å². The lowest BCUT2D eigenvalue weighted by atomic mass is 10.1. The third kappa shape index (κ3) is 2.83. The number of hydrogen-bond donors (Lipinski definition) is 1. The van der Waals surface area contributed by atoms with E-state index in [1.165, 1.54) is 12.1 Å². The molecule has 0 atom stereocenters. The van der Waals surface area contributed by atoms with Gasteiger partial charge in [0.15, 0.2) is 5.56 Å². The zero-order valence-electron chi connectivity index (χ0n) is 9.65. The highest BCUT2D eigenvalue weighted by Crippen LogP contribution is 2.29. The molecule has 0 aliphatic carbocycles. The minimum absolute atomic E-state index is 0.128. The molecule has 0 fully saturated rings. The second kappa shape index (κ2) is 5.80. The number of carbonyl (C=O) groups is 1. The molecule has 0 aliphatic rings. The van der Waals surface area contributed by atoms with Crippen molar-refractivity contribution in [2.24, 2.45) is 0 Å². The van der Waals surface area contributed by atoms with Crippen molar-refractivity contribution < 1.29 is 19.6 Å². The molecule has 0 amide bonds. The van der Waals surface area contributed by atoms with Crippen LogP contribution >= 0.6 is 23.1 Å². The van der Waals surface area contributed by atoms with Crippen LogP contribution in [0.1, 0.15) is 16.1 Å². The summed E-state index contributed by atoms with van der Waals surface area (Å²) in [6.07, 6.45) is 0. The van der Waals surface area contributed by atoms with E-state index in [1.54, 1.807) is 0 Å². The maximum Gasteiger partial charge on any atom is 0.346 e. The number of carboxylic acids is 1. The van der Waals surface area contributed by atoms with E-state index < -0.39 is 22.1 Å². The van der Waals surface area contributed by atoms with Crippen molar-refractivity contribution in [2.75, 3.05) is 0 Å². The number of aromatic carboxylic acids is 1. The lowest BCUT2D eigenvalue weighted by Crippen LogP contribution is -2.07. The van der Waals surface area contributed by atoms with Gasteiger partial charge >= 0.3 is 5.97 Å². The highest BCUT2D eigenvalue weighted by Gasteiger charge is 2.25. The third-order valence-corrected chi connectivity index (χ3v) is 3.27. The number of hydrogen-bond acceptors (Lipinski definition) is 7. The average Bonchev–Trinajstić information content (AvgIpc) is 2.81. The predicted molar refractivity (Wildman–Crippen MR) is 69.3 cm³/mol. The van der Waals surface area contributed by atoms with Crippen LogP contribution < -0.4 is 4.74 Å². The van der Waals surface area contributed by atoms with Crippen LogP contribution in [0.15, 0.2) is 18.2 Å². The molecular formula is C10H6ClN3O5S. The van der Waals surface area contributed by atoms with E-state index in [0.29, 0.717) is 10.0 Å². The van der Waals surface area contributed by atoms with Gasteiger partial charge in [0.25, 0.3) is 5.69 Å². The van der Waals surface area contributed by atoms with Gasteiger partial charge in [-0.25, -0.2) is 4.79 Å². The average molecular weight is 316 g/mol. The first kappa shape index (κ1) is 14.2. The summed E-state index contributed by atoms with van der Waals surface area (Å²) in [5, 5.41) is 23.6. The summed E-state index contributed by atoms with van der Waals surface area (Å²) in [7, 11) is 0. The maximum absolute atomic E-state index is 11.1. The fourth-order valence-electron chi connectivity index (χ4n) is 1.44. The van der Waals surface area contributed by atoms with E-state index in [9.17, 15) is 14.9 Å². The Morgan fingerprint density at radius 2 is 2.30 bits per heavy atom. The first-order valence-electron chi connectivity index (χ1n) is 5.11. The molecule has 0 bridgehead atoms. The van der Waals surface area contributed by atoms with Gasteiger partial charge in [0, 0.05) is 17.6 Å². The van der Waals surface area contributed by atoms with Crippen LogP contribution in [0, 0.1) is 10.1 Å². The first-order valence-corrected chi connectivity index (χ1v) is 6.26. The van der Waals surface area contributed by atoms with Crippen LogP contribution in [0.2, 0.25) is 4.34 Å². The van der Waals surface area contributed by atoms with Crippen molar-refractivity contribution in [2.45, 2.75) is 6.61 Å². The molecule has 1 aromatic carbocycles. The van der Waals surface area contributed by atoms with Crippen LogP contribution in [0.4, 0.5) is 5.69 Å². The Balaban J connectivity index is 2.32. The smallest absolute Gasteiger partial charge is 0.346 e. The molecule has 0 spiro atoms. The van der Waals surface area contributed by atoms with E-state index in [1.807, 2.05) is 0 Å². The molecule has 20 heavy (non-hydrogen) atoms. The number of nitrogens with zero attached hydrogens (tertiary/aromatic N) is 3. The van der Waals surface area contributed by atoms with Gasteiger partial charge in [-0.15, -0.1) is 5.10 Å². The lowest BCUT2D eigenvalue weighted by molar-refractivity contribution is -0.385. The molecule has 1 aromatic heterocycles. The summed E-state index contributed by atoms with van der Waals surface area (Å²) in [5.74, 6) is -1.58. The Hall–Kier alpha value is -2.26. The topological polar surface area (TPSA) is 115 Å². The highest BCUT2D eigenvalue weighted by atomic mass is 35.5. The molecule has 0 saturated heterocycles. The van der Waals surface area contributed by atoms with E-state index in [2.05, 4.69) is 9.59 Å². The lowest BCUT2D eigenvalue weighted by Gasteiger charge is -2.07. The summed E-state index contributed by atoms with van der Waals surface area (Å²) >= 11 is 6.74. The van der Waals surface area contributed by atoms with E-state index in [-0.39, 0.29) is 12.4 Å². The molecule has 104 valence electrons. The number of nitro groups is 1. The van der Waals surface area contributed by atoms with Gasteiger partial charge in [0.05, 0.1) is 4.92 Å². The van der Waals surface area contributed by atoms with Crippen molar-refractivity contribution in [1.82, 2.24) is 9.59 Å². The maximum atomic E-state index is 11.1. The Kier molecular flexibility index (Phi) is 4.11. The number of rotatable bonds is 5. The summed E-state index contributed by atoms with van der Waals surface area (Å²) in [6, 6.07) is 3.75. The fraction of sp³-hybridized carbons (Fsp3) is 0.100. The molecule has 2 aromatic rings. The standard InChI is InChI=1S/C10H6ClN3O5S/c11-9-5(12-13-20-9)4-19-7-3-1-2-6(14(17)18)8(7)10(15)16/h1-3H,4H2,(H,15,16). The summed E-state index contributed by atoms with van der Waals surface area (Å²) < 4.78 is 9.15. The molecule has 1 N–H and O–H groups in total. The normalized spacial score (nSPS) is 10.2. The largest absolute Gasteiger partial charge is 0.486 e. The quantitative estimate of drug-likeness (QED) is 0.665. The van der Waals surface area contributed by atoms with E-state index in [4.69, 9.17) is 21.4 Å². The van der Waals surface area contributed by atoms with Crippen LogP contribution in [-0.4, -0.2) is 25.6 Å². The Morgan fingerprint density at radius 1 is 1.55 bits per heavy atom. The fourth-order valence-corrected chi connectivity index (χ4v) is 2.04. The van der Waals surface area contributed by atoms with Crippen LogP contribution in [-0.2, 0) is 6.61 Å². The molecule has 2 rings (SSSR count). The first-order chi connectivity index (χ1) is 9.50. The second-order valence-corrected chi connectivity index (χ2v) is 4.85. The van der Waals surface area contributed by atoms with Crippen LogP contribution in [0.25, 0.3) is 0 Å². The number of aromatic nitrogens is 2. The van der Waals surface area contributed by atoms with Gasteiger partial charge in [0.1, 0.15) is 22.4 Å². The zero-order valence-corrected chi connectivity index (χ0v) is 11.2. The van der Waals surface area contributed by atoms with Gasteiger partial charge in [0.2, 0.25) is 0 Å². The van der Waals surface area contributed by atoms with Crippen molar-refractivity contribution >= 4 is 34.8 Å². The zero-order chi connectivity index (χ0) is 14.7. The van der Waals surface area contributed by atoms with Crippen molar-refractivity contribution in [3.8, 4) is 5.75 Å². The van der Waals surface area contributed by atoms with Crippen LogP contribution in [0.5, 0.6) is 5.75 Å². The Morgan fingerprint density at radius 3 is 2.85 bits per heavy atom. The molecular weight excluding hydrogens is 310 g/mol. The molecule has 0 saturated carbocycles. The SMILES string of the molecule is O=C(O)c1c(OCc2nnsc2Cl)cccc1[N+](=O)[O-]. The van der Waals surface area contributed by atoms with E-state index >= 15 is 0 Å². The van der Waals surface area contributed by atoms with Crippen molar-refractivity contribution in [3.63, 3.8) is 0 Å². The monoisotopic (exact) mass is 315 g/mol. The number of carboxylic acid groups (broad SMARTS) is 1. The second-order valence-electron chi connectivity index (χ2n) is 3.49. The summed E-state index contributed by atoms with van der Waals surface area (Å²) in [6.45, 7) is -0.128. The minimum atomic E-state index is -1.45. The Labute approximate surface area is 120 Å². The van der Waals surface area contributed by atoms with Gasteiger partial charge in [-0.1, -0.05) is 22.2 Å². The van der Waals surface area contributed by atoms with Gasteiger partial charge < -0.3 is 9.84 Å². The van der Waals surface area contributed by atoms with Gasteiger partial charge in [-0.05, 0) is 6.07 Å². The molecule has 0 aliphatic heterocycles. The molecule has 0 unspecified atom stereocenters. The molecule has 1 heterocycles. The van der Waals surface area contributed by atoms with Gasteiger partial charge in [-0.3, -0.25) is 10.1 Å². The number of benzene rings is 1. The highest BCUT2D eigenvalue weighted by molar-refractivity contribution is 7.10.